The summed E-state index contributed by atoms with van der Waals surface area (Å²) in [4.78, 5) is 0.765. The third-order valence-corrected chi connectivity index (χ3v) is 4.71. The van der Waals surface area contributed by atoms with Crippen LogP contribution in [0.25, 0.3) is 0 Å². The second kappa shape index (κ2) is 5.87. The fourth-order valence-electron chi connectivity index (χ4n) is 2.30. The Balaban J connectivity index is 1.96. The SMILES string of the molecule is C[C@@H](N)c1ccc(SCC2CCCC2)c(F)c1. The van der Waals surface area contributed by atoms with Crippen LogP contribution >= 0.6 is 11.8 Å². The van der Waals surface area contributed by atoms with Crippen LogP contribution in [0.15, 0.2) is 23.1 Å². The first kappa shape index (κ1) is 12.9. The smallest absolute Gasteiger partial charge is 0.137 e. The van der Waals surface area contributed by atoms with Gasteiger partial charge in [0.2, 0.25) is 0 Å². The number of hydrogen-bond acceptors (Lipinski definition) is 2. The van der Waals surface area contributed by atoms with Crippen molar-refractivity contribution in [3.63, 3.8) is 0 Å². The van der Waals surface area contributed by atoms with Crippen molar-refractivity contribution in [1.82, 2.24) is 0 Å². The summed E-state index contributed by atoms with van der Waals surface area (Å²) in [6.07, 6.45) is 5.31. The van der Waals surface area contributed by atoms with Gasteiger partial charge < -0.3 is 5.73 Å². The molecule has 1 saturated carbocycles. The van der Waals surface area contributed by atoms with Crippen LogP contribution < -0.4 is 5.73 Å². The minimum Gasteiger partial charge on any atom is -0.324 e. The molecule has 0 aromatic heterocycles. The average molecular weight is 253 g/mol. The van der Waals surface area contributed by atoms with Gasteiger partial charge in [-0.15, -0.1) is 11.8 Å². The van der Waals surface area contributed by atoms with Gasteiger partial charge in [-0.1, -0.05) is 18.9 Å². The molecule has 1 aliphatic rings. The Morgan fingerprint density at radius 3 is 2.71 bits per heavy atom. The summed E-state index contributed by atoms with van der Waals surface area (Å²) >= 11 is 1.65. The Morgan fingerprint density at radius 2 is 2.12 bits per heavy atom. The van der Waals surface area contributed by atoms with Gasteiger partial charge in [0.15, 0.2) is 0 Å². The molecule has 1 aliphatic carbocycles. The second-order valence-corrected chi connectivity index (χ2v) is 6.00. The monoisotopic (exact) mass is 253 g/mol. The van der Waals surface area contributed by atoms with Gasteiger partial charge in [0.05, 0.1) is 0 Å². The van der Waals surface area contributed by atoms with Crippen molar-refractivity contribution in [3.05, 3.63) is 29.6 Å². The minimum atomic E-state index is -0.122. The van der Waals surface area contributed by atoms with Gasteiger partial charge in [-0.2, -0.15) is 0 Å². The Kier molecular flexibility index (Phi) is 4.46. The molecule has 1 aromatic carbocycles. The highest BCUT2D eigenvalue weighted by Gasteiger charge is 2.16. The van der Waals surface area contributed by atoms with Crippen molar-refractivity contribution in [3.8, 4) is 0 Å². The number of hydrogen-bond donors (Lipinski definition) is 1. The fraction of sp³-hybridized carbons (Fsp3) is 0.571. The van der Waals surface area contributed by atoms with Crippen molar-refractivity contribution in [2.45, 2.75) is 43.5 Å². The zero-order chi connectivity index (χ0) is 12.3. The van der Waals surface area contributed by atoms with E-state index in [-0.39, 0.29) is 11.9 Å². The summed E-state index contributed by atoms with van der Waals surface area (Å²) in [6.45, 7) is 1.88. The summed E-state index contributed by atoms with van der Waals surface area (Å²) in [5.74, 6) is 1.71. The van der Waals surface area contributed by atoms with Crippen LogP contribution in [0.3, 0.4) is 0 Å². The summed E-state index contributed by atoms with van der Waals surface area (Å²) < 4.78 is 13.8. The van der Waals surface area contributed by atoms with Crippen LogP contribution in [-0.2, 0) is 0 Å². The first-order valence-electron chi connectivity index (χ1n) is 6.34. The van der Waals surface area contributed by atoms with Gasteiger partial charge in [-0.3, -0.25) is 0 Å². The van der Waals surface area contributed by atoms with Gasteiger partial charge in [-0.25, -0.2) is 4.39 Å². The van der Waals surface area contributed by atoms with Crippen molar-refractivity contribution >= 4 is 11.8 Å². The van der Waals surface area contributed by atoms with Gasteiger partial charge >= 0.3 is 0 Å². The zero-order valence-electron chi connectivity index (χ0n) is 10.3. The van der Waals surface area contributed by atoms with Gasteiger partial charge in [0, 0.05) is 16.7 Å². The molecule has 17 heavy (non-hydrogen) atoms. The third kappa shape index (κ3) is 3.46. The maximum absolute atomic E-state index is 13.8. The largest absolute Gasteiger partial charge is 0.324 e. The molecular weight excluding hydrogens is 233 g/mol. The minimum absolute atomic E-state index is 0.0987. The fourth-order valence-corrected chi connectivity index (χ4v) is 3.41. The molecule has 0 unspecified atom stereocenters. The van der Waals surface area contributed by atoms with Crippen LogP contribution in [-0.4, -0.2) is 5.75 Å². The molecule has 94 valence electrons. The van der Waals surface area contributed by atoms with Gasteiger partial charge in [-0.05, 0) is 43.4 Å². The third-order valence-electron chi connectivity index (χ3n) is 3.43. The van der Waals surface area contributed by atoms with Crippen molar-refractivity contribution in [2.75, 3.05) is 5.75 Å². The highest BCUT2D eigenvalue weighted by Crippen LogP contribution is 2.32. The Hall–Kier alpha value is -0.540. The lowest BCUT2D eigenvalue weighted by atomic mass is 10.1. The van der Waals surface area contributed by atoms with Crippen molar-refractivity contribution in [1.29, 1.82) is 0 Å². The van der Waals surface area contributed by atoms with E-state index in [2.05, 4.69) is 0 Å². The predicted molar refractivity (Wildman–Crippen MR) is 71.7 cm³/mol. The highest BCUT2D eigenvalue weighted by atomic mass is 32.2. The van der Waals surface area contributed by atoms with E-state index in [0.29, 0.717) is 0 Å². The second-order valence-electron chi connectivity index (χ2n) is 4.94. The summed E-state index contributed by atoms with van der Waals surface area (Å²) in [5, 5.41) is 0. The Bertz CT molecular complexity index is 372. The normalized spacial score (nSPS) is 18.5. The molecule has 1 fully saturated rings. The number of benzene rings is 1. The molecule has 2 N–H and O–H groups in total. The van der Waals surface area contributed by atoms with Crippen LogP contribution in [0.4, 0.5) is 4.39 Å². The zero-order valence-corrected chi connectivity index (χ0v) is 11.1. The van der Waals surface area contributed by atoms with Crippen LogP contribution in [0.2, 0.25) is 0 Å². The van der Waals surface area contributed by atoms with Crippen LogP contribution in [0, 0.1) is 11.7 Å². The predicted octanol–water partition coefficient (Wildman–Crippen LogP) is 4.13. The molecule has 0 aliphatic heterocycles. The van der Waals surface area contributed by atoms with E-state index in [1.165, 1.54) is 25.7 Å². The maximum Gasteiger partial charge on any atom is 0.137 e. The lowest BCUT2D eigenvalue weighted by Crippen LogP contribution is -2.05. The molecule has 2 rings (SSSR count). The molecule has 3 heteroatoms. The maximum atomic E-state index is 13.8. The standard InChI is InChI=1S/C14H20FNS/c1-10(16)12-6-7-14(13(15)8-12)17-9-11-4-2-3-5-11/h6-8,10-11H,2-5,9,16H2,1H3/t10-/m1/s1. The van der Waals surface area contributed by atoms with Gasteiger partial charge in [0.1, 0.15) is 5.82 Å². The van der Waals surface area contributed by atoms with Crippen LogP contribution in [0.1, 0.15) is 44.2 Å². The Morgan fingerprint density at radius 1 is 1.41 bits per heavy atom. The quantitative estimate of drug-likeness (QED) is 0.817. The number of thioether (sulfide) groups is 1. The van der Waals surface area contributed by atoms with E-state index in [4.69, 9.17) is 5.73 Å². The van der Waals surface area contributed by atoms with E-state index in [1.54, 1.807) is 17.8 Å². The molecule has 0 amide bonds. The molecule has 0 heterocycles. The van der Waals surface area contributed by atoms with Crippen molar-refractivity contribution < 1.29 is 4.39 Å². The lowest BCUT2D eigenvalue weighted by molar-refractivity contribution is 0.593. The molecule has 1 nitrogen and oxygen atoms in total. The summed E-state index contributed by atoms with van der Waals surface area (Å²) in [5.41, 5.74) is 6.60. The topological polar surface area (TPSA) is 26.0 Å². The molecule has 0 spiro atoms. The number of nitrogens with two attached hydrogens (primary N) is 1. The lowest BCUT2D eigenvalue weighted by Gasteiger charge is -2.11. The first-order chi connectivity index (χ1) is 8.16. The molecular formula is C14H20FNS. The van der Waals surface area contributed by atoms with Gasteiger partial charge in [0.25, 0.3) is 0 Å². The van der Waals surface area contributed by atoms with E-state index in [9.17, 15) is 4.39 Å². The highest BCUT2D eigenvalue weighted by molar-refractivity contribution is 7.99. The van der Waals surface area contributed by atoms with E-state index < -0.39 is 0 Å². The van der Waals surface area contributed by atoms with E-state index in [1.807, 2.05) is 19.1 Å². The van der Waals surface area contributed by atoms with E-state index >= 15 is 0 Å². The number of halogens is 1. The number of rotatable bonds is 4. The Labute approximate surface area is 107 Å². The first-order valence-corrected chi connectivity index (χ1v) is 7.33. The van der Waals surface area contributed by atoms with Crippen molar-refractivity contribution in [2.24, 2.45) is 11.7 Å². The van der Waals surface area contributed by atoms with E-state index in [0.717, 1.165) is 22.1 Å². The molecule has 1 aromatic rings. The van der Waals surface area contributed by atoms with Crippen LogP contribution in [0.5, 0.6) is 0 Å². The summed E-state index contributed by atoms with van der Waals surface area (Å²) in [6, 6.07) is 5.28. The average Bonchev–Trinajstić information content (AvgIpc) is 2.80. The molecule has 0 radical (unpaired) electrons. The molecule has 0 saturated heterocycles. The molecule has 1 atom stereocenters. The summed E-state index contributed by atoms with van der Waals surface area (Å²) in [7, 11) is 0. The molecule has 0 bridgehead atoms.